The molecule has 14 heavy (non-hydrogen) atoms. The Morgan fingerprint density at radius 2 is 2.29 bits per heavy atom. The Morgan fingerprint density at radius 1 is 1.43 bits per heavy atom. The molecule has 2 atom stereocenters. The van der Waals surface area contributed by atoms with Crippen LogP contribution in [0.15, 0.2) is 18.6 Å². The summed E-state index contributed by atoms with van der Waals surface area (Å²) >= 11 is 0. The molecule has 2 rings (SSSR count). The minimum absolute atomic E-state index is 0.489. The summed E-state index contributed by atoms with van der Waals surface area (Å²) in [6.07, 6.45) is 5.28. The van der Waals surface area contributed by atoms with Crippen LogP contribution in [0.5, 0.6) is 0 Å². The topological polar surface area (TPSA) is 41.1 Å². The van der Waals surface area contributed by atoms with Crippen molar-refractivity contribution in [2.45, 2.75) is 25.9 Å². The van der Waals surface area contributed by atoms with E-state index < -0.39 is 0 Å². The van der Waals surface area contributed by atoms with E-state index in [1.807, 2.05) is 6.20 Å². The summed E-state index contributed by atoms with van der Waals surface area (Å²) in [6.45, 7) is 6.40. The number of hydrogen-bond acceptors (Lipinski definition) is 4. The standard InChI is InChI=1S/C10H16N4/c1-8-7-14(9(2)5-13-8)10-6-11-3-4-12-10/h3-4,6,8-9,13H,5,7H2,1-2H3. The van der Waals surface area contributed by atoms with Gasteiger partial charge in [-0.15, -0.1) is 0 Å². The lowest BCUT2D eigenvalue weighted by Crippen LogP contribution is -2.54. The minimum Gasteiger partial charge on any atom is -0.350 e. The van der Waals surface area contributed by atoms with Gasteiger partial charge in [0, 0.05) is 37.6 Å². The summed E-state index contributed by atoms with van der Waals surface area (Å²) in [5, 5.41) is 3.44. The molecule has 4 heteroatoms. The SMILES string of the molecule is CC1CN(c2cnccn2)C(C)CN1. The minimum atomic E-state index is 0.489. The third kappa shape index (κ3) is 1.85. The van der Waals surface area contributed by atoms with Crippen molar-refractivity contribution in [2.24, 2.45) is 0 Å². The van der Waals surface area contributed by atoms with E-state index in [1.165, 1.54) is 0 Å². The van der Waals surface area contributed by atoms with E-state index in [0.29, 0.717) is 12.1 Å². The lowest BCUT2D eigenvalue weighted by molar-refractivity contribution is 0.422. The summed E-state index contributed by atoms with van der Waals surface area (Å²) in [6, 6.07) is 1.01. The second kappa shape index (κ2) is 3.92. The summed E-state index contributed by atoms with van der Waals surface area (Å²) in [7, 11) is 0. The summed E-state index contributed by atoms with van der Waals surface area (Å²) in [5.41, 5.74) is 0. The van der Waals surface area contributed by atoms with Gasteiger partial charge in [0.2, 0.25) is 0 Å². The molecular formula is C10H16N4. The molecule has 1 aliphatic rings. The maximum Gasteiger partial charge on any atom is 0.147 e. The van der Waals surface area contributed by atoms with Crippen molar-refractivity contribution in [3.05, 3.63) is 18.6 Å². The fourth-order valence-electron chi connectivity index (χ4n) is 1.78. The van der Waals surface area contributed by atoms with Crippen LogP contribution in [-0.4, -0.2) is 35.1 Å². The molecule has 0 spiro atoms. The van der Waals surface area contributed by atoms with Gasteiger partial charge in [0.15, 0.2) is 0 Å². The number of hydrogen-bond donors (Lipinski definition) is 1. The zero-order chi connectivity index (χ0) is 9.97. The molecule has 0 saturated carbocycles. The monoisotopic (exact) mass is 192 g/mol. The molecule has 0 bridgehead atoms. The third-order valence-electron chi connectivity index (χ3n) is 2.61. The van der Waals surface area contributed by atoms with E-state index in [-0.39, 0.29) is 0 Å². The maximum absolute atomic E-state index is 4.32. The Bertz CT molecular complexity index is 287. The highest BCUT2D eigenvalue weighted by Gasteiger charge is 2.23. The lowest BCUT2D eigenvalue weighted by atomic mass is 10.1. The molecule has 1 fully saturated rings. The molecule has 0 radical (unpaired) electrons. The fraction of sp³-hybridized carbons (Fsp3) is 0.600. The zero-order valence-corrected chi connectivity index (χ0v) is 8.64. The van der Waals surface area contributed by atoms with Gasteiger partial charge in [-0.1, -0.05) is 0 Å². The van der Waals surface area contributed by atoms with Gasteiger partial charge >= 0.3 is 0 Å². The number of nitrogens with one attached hydrogen (secondary N) is 1. The Labute approximate surface area is 84.4 Å². The van der Waals surface area contributed by atoms with E-state index in [9.17, 15) is 0 Å². The van der Waals surface area contributed by atoms with Crippen molar-refractivity contribution < 1.29 is 0 Å². The van der Waals surface area contributed by atoms with Gasteiger partial charge in [0.05, 0.1) is 6.20 Å². The first-order chi connectivity index (χ1) is 6.77. The Hall–Kier alpha value is -1.16. The summed E-state index contributed by atoms with van der Waals surface area (Å²) in [5.74, 6) is 0.980. The number of aromatic nitrogens is 2. The second-order valence-corrected chi connectivity index (χ2v) is 3.87. The third-order valence-corrected chi connectivity index (χ3v) is 2.61. The molecule has 0 amide bonds. The van der Waals surface area contributed by atoms with Crippen molar-refractivity contribution in [3.63, 3.8) is 0 Å². The van der Waals surface area contributed by atoms with Gasteiger partial charge in [0.25, 0.3) is 0 Å². The number of nitrogens with zero attached hydrogens (tertiary/aromatic N) is 3. The predicted octanol–water partition coefficient (Wildman–Crippen LogP) is 0.663. The number of piperazine rings is 1. The fourth-order valence-corrected chi connectivity index (χ4v) is 1.78. The normalized spacial score (nSPS) is 27.7. The quantitative estimate of drug-likeness (QED) is 0.710. The highest BCUT2D eigenvalue weighted by atomic mass is 15.3. The molecular weight excluding hydrogens is 176 g/mol. The van der Waals surface area contributed by atoms with E-state index in [4.69, 9.17) is 0 Å². The average molecular weight is 192 g/mol. The van der Waals surface area contributed by atoms with Crippen LogP contribution >= 0.6 is 0 Å². The van der Waals surface area contributed by atoms with Crippen LogP contribution in [-0.2, 0) is 0 Å². The molecule has 2 heterocycles. The zero-order valence-electron chi connectivity index (χ0n) is 8.64. The number of rotatable bonds is 1. The van der Waals surface area contributed by atoms with Crippen LogP contribution in [0.4, 0.5) is 5.82 Å². The summed E-state index contributed by atoms with van der Waals surface area (Å²) in [4.78, 5) is 10.7. The van der Waals surface area contributed by atoms with Crippen LogP contribution in [0.3, 0.4) is 0 Å². The van der Waals surface area contributed by atoms with Gasteiger partial charge < -0.3 is 10.2 Å². The lowest BCUT2D eigenvalue weighted by Gasteiger charge is -2.38. The van der Waals surface area contributed by atoms with E-state index >= 15 is 0 Å². The first-order valence-corrected chi connectivity index (χ1v) is 5.03. The molecule has 1 aliphatic heterocycles. The highest BCUT2D eigenvalue weighted by Crippen LogP contribution is 2.15. The van der Waals surface area contributed by atoms with E-state index in [2.05, 4.69) is 34.0 Å². The molecule has 4 nitrogen and oxygen atoms in total. The van der Waals surface area contributed by atoms with Gasteiger partial charge in [-0.2, -0.15) is 0 Å². The Balaban J connectivity index is 2.16. The summed E-state index contributed by atoms with van der Waals surface area (Å²) < 4.78 is 0. The molecule has 2 unspecified atom stereocenters. The van der Waals surface area contributed by atoms with Gasteiger partial charge in [-0.3, -0.25) is 4.98 Å². The van der Waals surface area contributed by atoms with Gasteiger partial charge in [-0.25, -0.2) is 4.98 Å². The van der Waals surface area contributed by atoms with Gasteiger partial charge in [-0.05, 0) is 13.8 Å². The number of anilines is 1. The smallest absolute Gasteiger partial charge is 0.147 e. The van der Waals surface area contributed by atoms with Gasteiger partial charge in [0.1, 0.15) is 5.82 Å². The van der Waals surface area contributed by atoms with Crippen LogP contribution < -0.4 is 10.2 Å². The molecule has 0 aliphatic carbocycles. The van der Waals surface area contributed by atoms with Crippen LogP contribution in [0, 0.1) is 0 Å². The van der Waals surface area contributed by atoms with Crippen molar-refractivity contribution in [1.29, 1.82) is 0 Å². The van der Waals surface area contributed by atoms with E-state index in [1.54, 1.807) is 12.4 Å². The Kier molecular flexibility index (Phi) is 2.63. The second-order valence-electron chi connectivity index (χ2n) is 3.87. The van der Waals surface area contributed by atoms with Crippen molar-refractivity contribution in [1.82, 2.24) is 15.3 Å². The van der Waals surface area contributed by atoms with Crippen LogP contribution in [0.1, 0.15) is 13.8 Å². The van der Waals surface area contributed by atoms with Crippen molar-refractivity contribution in [2.75, 3.05) is 18.0 Å². The Morgan fingerprint density at radius 3 is 3.00 bits per heavy atom. The predicted molar refractivity (Wildman–Crippen MR) is 56.3 cm³/mol. The largest absolute Gasteiger partial charge is 0.350 e. The molecule has 1 aromatic heterocycles. The molecule has 1 N–H and O–H groups in total. The van der Waals surface area contributed by atoms with Crippen molar-refractivity contribution in [3.8, 4) is 0 Å². The first kappa shape index (κ1) is 9.40. The average Bonchev–Trinajstić information content (AvgIpc) is 2.23. The first-order valence-electron chi connectivity index (χ1n) is 5.03. The molecule has 76 valence electrons. The molecule has 1 saturated heterocycles. The van der Waals surface area contributed by atoms with Crippen LogP contribution in [0.25, 0.3) is 0 Å². The molecule has 1 aromatic rings. The maximum atomic E-state index is 4.32. The molecule has 0 aromatic carbocycles. The highest BCUT2D eigenvalue weighted by molar-refractivity contribution is 5.37. The van der Waals surface area contributed by atoms with E-state index in [0.717, 1.165) is 18.9 Å². The van der Waals surface area contributed by atoms with Crippen molar-refractivity contribution >= 4 is 5.82 Å². The van der Waals surface area contributed by atoms with Crippen LogP contribution in [0.2, 0.25) is 0 Å².